The molecule has 0 bridgehead atoms. The molecule has 0 radical (unpaired) electrons. The van der Waals surface area contributed by atoms with Crippen LogP contribution in [-0.4, -0.2) is 29.8 Å². The fraction of sp³-hybridized carbons (Fsp3) is 0.375. The van der Waals surface area contributed by atoms with Crippen molar-refractivity contribution >= 4 is 23.4 Å². The first-order chi connectivity index (χ1) is 6.65. The fourth-order valence-electron chi connectivity index (χ4n) is 0.862. The Labute approximate surface area is 87.1 Å². The van der Waals surface area contributed by atoms with Crippen LogP contribution in [-0.2, 0) is 0 Å². The Balaban J connectivity index is 2.73. The van der Waals surface area contributed by atoms with Crippen LogP contribution in [0.3, 0.4) is 0 Å². The van der Waals surface area contributed by atoms with Crippen molar-refractivity contribution < 1.29 is 4.79 Å². The summed E-state index contributed by atoms with van der Waals surface area (Å²) in [7, 11) is 1.61. The van der Waals surface area contributed by atoms with Crippen molar-refractivity contribution in [3.05, 3.63) is 17.3 Å². The van der Waals surface area contributed by atoms with Gasteiger partial charge in [0.05, 0.1) is 0 Å². The summed E-state index contributed by atoms with van der Waals surface area (Å²) in [6, 6.07) is 2.99. The number of hydrogen-bond donors (Lipinski definition) is 1. The summed E-state index contributed by atoms with van der Waals surface area (Å²) >= 11 is 5.56. The highest BCUT2D eigenvalue weighted by Gasteiger charge is 2.10. The third kappa shape index (κ3) is 2.56. The molecule has 14 heavy (non-hydrogen) atoms. The topological polar surface area (TPSA) is 58.1 Å². The van der Waals surface area contributed by atoms with Crippen molar-refractivity contribution in [3.63, 3.8) is 0 Å². The molecule has 0 unspecified atom stereocenters. The normalized spacial score (nSPS) is 9.64. The highest BCUT2D eigenvalue weighted by Crippen LogP contribution is 2.09. The molecule has 0 aliphatic heterocycles. The van der Waals surface area contributed by atoms with Crippen LogP contribution in [0, 0.1) is 0 Å². The molecule has 2 amide bonds. The van der Waals surface area contributed by atoms with Crippen molar-refractivity contribution in [2.75, 3.05) is 18.5 Å². The number of carbonyl (C=O) groups excluding carboxylic acids is 1. The molecule has 0 aromatic carbocycles. The zero-order valence-electron chi connectivity index (χ0n) is 7.99. The molecule has 0 atom stereocenters. The minimum Gasteiger partial charge on any atom is -0.338 e. The summed E-state index contributed by atoms with van der Waals surface area (Å²) in [4.78, 5) is 12.7. The number of urea groups is 1. The lowest BCUT2D eigenvalue weighted by molar-refractivity contribution is 0.248. The van der Waals surface area contributed by atoms with E-state index in [9.17, 15) is 4.79 Å². The Morgan fingerprint density at radius 1 is 1.57 bits per heavy atom. The molecule has 0 fully saturated rings. The predicted molar refractivity (Wildman–Crippen MR) is 54.5 cm³/mol. The lowest BCUT2D eigenvalue weighted by Gasteiger charge is -2.15. The van der Waals surface area contributed by atoms with E-state index in [-0.39, 0.29) is 6.03 Å². The number of rotatable bonds is 2. The zero-order valence-corrected chi connectivity index (χ0v) is 8.75. The maximum absolute atomic E-state index is 11.3. The molecule has 1 aromatic rings. The first-order valence-corrected chi connectivity index (χ1v) is 4.53. The molecule has 0 saturated carbocycles. The number of anilines is 1. The first-order valence-electron chi connectivity index (χ1n) is 4.16. The first kappa shape index (κ1) is 10.7. The molecule has 0 spiro atoms. The highest BCUT2D eigenvalue weighted by atomic mass is 35.5. The van der Waals surface area contributed by atoms with Gasteiger partial charge >= 0.3 is 6.03 Å². The largest absolute Gasteiger partial charge is 0.338 e. The van der Waals surface area contributed by atoms with Gasteiger partial charge in [0.25, 0.3) is 0 Å². The van der Waals surface area contributed by atoms with Gasteiger partial charge in [-0.05, 0) is 19.1 Å². The second-order valence-corrected chi connectivity index (χ2v) is 3.00. The molecular formula is C8H11ClN4O. The molecule has 1 aromatic heterocycles. The van der Waals surface area contributed by atoms with Gasteiger partial charge in [-0.15, -0.1) is 10.2 Å². The van der Waals surface area contributed by atoms with Crippen LogP contribution in [0.5, 0.6) is 0 Å². The van der Waals surface area contributed by atoms with Crippen molar-refractivity contribution in [2.45, 2.75) is 6.92 Å². The van der Waals surface area contributed by atoms with Crippen LogP contribution in [0.2, 0.25) is 5.15 Å². The van der Waals surface area contributed by atoms with E-state index in [0.29, 0.717) is 17.5 Å². The van der Waals surface area contributed by atoms with Gasteiger partial charge in [-0.1, -0.05) is 11.6 Å². The number of nitrogens with one attached hydrogen (secondary N) is 1. The van der Waals surface area contributed by atoms with Crippen molar-refractivity contribution in [1.82, 2.24) is 15.5 Å². The Kier molecular flexibility index (Phi) is 3.64. The van der Waals surface area contributed by atoms with Crippen LogP contribution < -0.4 is 10.2 Å². The second kappa shape index (κ2) is 4.76. The molecular weight excluding hydrogens is 204 g/mol. The second-order valence-electron chi connectivity index (χ2n) is 2.61. The van der Waals surface area contributed by atoms with E-state index >= 15 is 0 Å². The summed E-state index contributed by atoms with van der Waals surface area (Å²) in [6.45, 7) is 2.42. The zero-order chi connectivity index (χ0) is 10.6. The number of amides is 2. The summed E-state index contributed by atoms with van der Waals surface area (Å²) in [5, 5.41) is 10.3. The number of halogens is 1. The maximum atomic E-state index is 11.3. The minimum atomic E-state index is -0.218. The fourth-order valence-corrected chi connectivity index (χ4v) is 0.962. The quantitative estimate of drug-likeness (QED) is 0.807. The van der Waals surface area contributed by atoms with E-state index in [2.05, 4.69) is 15.5 Å². The third-order valence-corrected chi connectivity index (χ3v) is 1.80. The summed E-state index contributed by atoms with van der Waals surface area (Å²) in [5.41, 5.74) is 0. The van der Waals surface area contributed by atoms with Gasteiger partial charge in [0.1, 0.15) is 0 Å². The number of hydrogen-bond acceptors (Lipinski definition) is 3. The van der Waals surface area contributed by atoms with Crippen molar-refractivity contribution in [3.8, 4) is 0 Å². The average Bonchev–Trinajstić information content (AvgIpc) is 2.18. The Morgan fingerprint density at radius 3 is 2.79 bits per heavy atom. The summed E-state index contributed by atoms with van der Waals surface area (Å²) in [6.07, 6.45) is 0. The average molecular weight is 215 g/mol. The van der Waals surface area contributed by atoms with E-state index in [1.54, 1.807) is 19.2 Å². The molecule has 0 aliphatic rings. The van der Waals surface area contributed by atoms with Crippen LogP contribution in [0.4, 0.5) is 10.6 Å². The van der Waals surface area contributed by atoms with Crippen LogP contribution in [0.1, 0.15) is 6.92 Å². The van der Waals surface area contributed by atoms with Gasteiger partial charge in [0.15, 0.2) is 11.0 Å². The van der Waals surface area contributed by atoms with E-state index in [4.69, 9.17) is 11.6 Å². The van der Waals surface area contributed by atoms with Crippen molar-refractivity contribution in [1.29, 1.82) is 0 Å². The van der Waals surface area contributed by atoms with E-state index in [1.807, 2.05) is 6.92 Å². The van der Waals surface area contributed by atoms with E-state index in [1.165, 1.54) is 4.90 Å². The van der Waals surface area contributed by atoms with E-state index < -0.39 is 0 Å². The molecule has 1 rings (SSSR count). The van der Waals surface area contributed by atoms with Crippen LogP contribution in [0.15, 0.2) is 12.1 Å². The molecule has 0 saturated heterocycles. The van der Waals surface area contributed by atoms with Crippen LogP contribution in [0.25, 0.3) is 0 Å². The number of nitrogens with zero attached hydrogens (tertiary/aromatic N) is 3. The Hall–Kier alpha value is -1.36. The van der Waals surface area contributed by atoms with Gasteiger partial charge in [-0.3, -0.25) is 4.90 Å². The number of carbonyl (C=O) groups is 1. The smallest absolute Gasteiger partial charge is 0.322 e. The minimum absolute atomic E-state index is 0.218. The lowest BCUT2D eigenvalue weighted by Crippen LogP contribution is -2.37. The Bertz CT molecular complexity index is 314. The SMILES string of the molecule is CCNC(=O)N(C)c1ccc(Cl)nn1. The third-order valence-electron chi connectivity index (χ3n) is 1.59. The predicted octanol–water partition coefficient (Wildman–Crippen LogP) is 1.30. The van der Waals surface area contributed by atoms with Gasteiger partial charge in [-0.25, -0.2) is 4.79 Å². The Morgan fingerprint density at radius 2 is 2.29 bits per heavy atom. The molecule has 5 nitrogen and oxygen atoms in total. The van der Waals surface area contributed by atoms with Gasteiger partial charge in [0, 0.05) is 13.6 Å². The highest BCUT2D eigenvalue weighted by molar-refractivity contribution is 6.29. The van der Waals surface area contributed by atoms with Crippen molar-refractivity contribution in [2.24, 2.45) is 0 Å². The standard InChI is InChI=1S/C8H11ClN4O/c1-3-10-8(14)13(2)7-5-4-6(9)11-12-7/h4-5H,3H2,1-2H3,(H,10,14). The molecule has 1 N–H and O–H groups in total. The van der Waals surface area contributed by atoms with Gasteiger partial charge in [0.2, 0.25) is 0 Å². The maximum Gasteiger partial charge on any atom is 0.322 e. The molecule has 0 aliphatic carbocycles. The number of aromatic nitrogens is 2. The monoisotopic (exact) mass is 214 g/mol. The van der Waals surface area contributed by atoms with Gasteiger partial charge < -0.3 is 5.32 Å². The van der Waals surface area contributed by atoms with Crippen LogP contribution >= 0.6 is 11.6 Å². The lowest BCUT2D eigenvalue weighted by atomic mass is 10.5. The van der Waals surface area contributed by atoms with Gasteiger partial charge in [-0.2, -0.15) is 0 Å². The molecule has 76 valence electrons. The summed E-state index contributed by atoms with van der Waals surface area (Å²) in [5.74, 6) is 0.459. The molecule has 1 heterocycles. The summed E-state index contributed by atoms with van der Waals surface area (Å²) < 4.78 is 0. The van der Waals surface area contributed by atoms with E-state index in [0.717, 1.165) is 0 Å². The molecule has 6 heteroatoms.